The SMILES string of the molecule is CC(C)C(=O)N1C(C(=O)NCc2ccccc2)CSC1C1CCCCC1. The molecule has 0 spiro atoms. The van der Waals surface area contributed by atoms with Gasteiger partial charge in [-0.3, -0.25) is 9.59 Å². The van der Waals surface area contributed by atoms with E-state index < -0.39 is 0 Å². The van der Waals surface area contributed by atoms with Crippen LogP contribution in [0.25, 0.3) is 0 Å². The Morgan fingerprint density at radius 3 is 2.50 bits per heavy atom. The van der Waals surface area contributed by atoms with Crippen LogP contribution in [-0.4, -0.2) is 33.9 Å². The first-order chi connectivity index (χ1) is 12.6. The van der Waals surface area contributed by atoms with Crippen molar-refractivity contribution in [1.82, 2.24) is 10.2 Å². The molecule has 1 aliphatic heterocycles. The molecule has 3 rings (SSSR count). The molecule has 26 heavy (non-hydrogen) atoms. The van der Waals surface area contributed by atoms with E-state index in [9.17, 15) is 9.59 Å². The van der Waals surface area contributed by atoms with Gasteiger partial charge >= 0.3 is 0 Å². The monoisotopic (exact) mass is 374 g/mol. The van der Waals surface area contributed by atoms with Gasteiger partial charge in [-0.05, 0) is 24.3 Å². The summed E-state index contributed by atoms with van der Waals surface area (Å²) in [5.41, 5.74) is 1.08. The van der Waals surface area contributed by atoms with Crippen LogP contribution in [0.2, 0.25) is 0 Å². The van der Waals surface area contributed by atoms with Gasteiger partial charge in [0.1, 0.15) is 6.04 Å². The molecule has 0 radical (unpaired) electrons. The summed E-state index contributed by atoms with van der Waals surface area (Å²) in [6, 6.07) is 9.58. The number of nitrogens with zero attached hydrogens (tertiary/aromatic N) is 1. The molecule has 5 heteroatoms. The fourth-order valence-corrected chi connectivity index (χ4v) is 5.64. The molecule has 2 fully saturated rings. The van der Waals surface area contributed by atoms with Crippen LogP contribution in [0.5, 0.6) is 0 Å². The summed E-state index contributed by atoms with van der Waals surface area (Å²) in [5.74, 6) is 1.26. The molecule has 1 aromatic carbocycles. The molecule has 1 heterocycles. The van der Waals surface area contributed by atoms with E-state index in [2.05, 4.69) is 5.32 Å². The Bertz CT molecular complexity index is 614. The highest BCUT2D eigenvalue weighted by Gasteiger charge is 2.45. The maximum absolute atomic E-state index is 12.9. The summed E-state index contributed by atoms with van der Waals surface area (Å²) >= 11 is 1.81. The second kappa shape index (κ2) is 8.94. The van der Waals surface area contributed by atoms with E-state index in [1.807, 2.05) is 49.1 Å². The third kappa shape index (κ3) is 4.43. The molecule has 2 aliphatic rings. The number of amides is 2. The Kier molecular flexibility index (Phi) is 6.63. The molecule has 0 aromatic heterocycles. The Balaban J connectivity index is 1.69. The molecule has 1 N–H and O–H groups in total. The van der Waals surface area contributed by atoms with Gasteiger partial charge in [-0.2, -0.15) is 0 Å². The first-order valence-corrected chi connectivity index (χ1v) is 10.9. The third-order valence-electron chi connectivity index (χ3n) is 5.45. The molecule has 0 bridgehead atoms. The van der Waals surface area contributed by atoms with Crippen LogP contribution >= 0.6 is 11.8 Å². The minimum absolute atomic E-state index is 0.0198. The molecular formula is C21H30N2O2S. The minimum Gasteiger partial charge on any atom is -0.350 e. The summed E-state index contributed by atoms with van der Waals surface area (Å²) in [7, 11) is 0. The Hall–Kier alpha value is -1.49. The summed E-state index contributed by atoms with van der Waals surface area (Å²) in [6.45, 7) is 4.38. The average Bonchev–Trinajstić information content (AvgIpc) is 3.12. The molecule has 2 atom stereocenters. The van der Waals surface area contributed by atoms with Crippen LogP contribution in [0.4, 0.5) is 0 Å². The highest BCUT2D eigenvalue weighted by molar-refractivity contribution is 8.00. The number of rotatable bonds is 5. The number of carbonyl (C=O) groups is 2. The van der Waals surface area contributed by atoms with Crippen molar-refractivity contribution in [1.29, 1.82) is 0 Å². The molecule has 2 amide bonds. The lowest BCUT2D eigenvalue weighted by Crippen LogP contribution is -2.52. The number of thioether (sulfide) groups is 1. The van der Waals surface area contributed by atoms with E-state index >= 15 is 0 Å². The van der Waals surface area contributed by atoms with E-state index in [0.717, 1.165) is 5.56 Å². The zero-order chi connectivity index (χ0) is 18.5. The van der Waals surface area contributed by atoms with Gasteiger partial charge in [0.2, 0.25) is 11.8 Å². The van der Waals surface area contributed by atoms with E-state index in [-0.39, 0.29) is 29.1 Å². The van der Waals surface area contributed by atoms with E-state index in [4.69, 9.17) is 0 Å². The largest absolute Gasteiger partial charge is 0.350 e. The lowest BCUT2D eigenvalue weighted by atomic mass is 9.88. The molecule has 1 saturated heterocycles. The van der Waals surface area contributed by atoms with E-state index in [1.165, 1.54) is 32.1 Å². The normalized spacial score (nSPS) is 24.0. The van der Waals surface area contributed by atoms with Gasteiger partial charge in [-0.1, -0.05) is 63.4 Å². The smallest absolute Gasteiger partial charge is 0.243 e. The van der Waals surface area contributed by atoms with Crippen molar-refractivity contribution in [3.8, 4) is 0 Å². The molecule has 4 nitrogen and oxygen atoms in total. The van der Waals surface area contributed by atoms with Crippen LogP contribution in [0.1, 0.15) is 51.5 Å². The second-order valence-electron chi connectivity index (χ2n) is 7.74. The molecular weight excluding hydrogens is 344 g/mol. The third-order valence-corrected chi connectivity index (χ3v) is 6.91. The minimum atomic E-state index is -0.342. The van der Waals surface area contributed by atoms with Crippen molar-refractivity contribution in [2.45, 2.75) is 63.9 Å². The summed E-state index contributed by atoms with van der Waals surface area (Å²) in [4.78, 5) is 27.7. The number of hydrogen-bond donors (Lipinski definition) is 1. The first kappa shape index (κ1) is 19.3. The van der Waals surface area contributed by atoms with Crippen LogP contribution in [0, 0.1) is 11.8 Å². The predicted octanol–water partition coefficient (Wildman–Crippen LogP) is 3.81. The number of nitrogens with one attached hydrogen (secondary N) is 1. The van der Waals surface area contributed by atoms with Crippen molar-refractivity contribution in [2.75, 3.05) is 5.75 Å². The Labute approximate surface area is 161 Å². The standard InChI is InChI=1S/C21H30N2O2S/c1-15(2)20(25)23-18(14-26-21(23)17-11-7-4-8-12-17)19(24)22-13-16-9-5-3-6-10-16/h3,5-6,9-10,15,17-18,21H,4,7-8,11-14H2,1-2H3,(H,22,24). The van der Waals surface area contributed by atoms with E-state index in [0.29, 0.717) is 18.2 Å². The fourth-order valence-electron chi connectivity index (χ4n) is 3.99. The topological polar surface area (TPSA) is 49.4 Å². The van der Waals surface area contributed by atoms with Crippen LogP contribution in [-0.2, 0) is 16.1 Å². The Morgan fingerprint density at radius 2 is 1.85 bits per heavy atom. The predicted molar refractivity (Wildman–Crippen MR) is 107 cm³/mol. The van der Waals surface area contributed by atoms with Crippen molar-refractivity contribution < 1.29 is 9.59 Å². The molecule has 1 aromatic rings. The molecule has 2 unspecified atom stereocenters. The van der Waals surface area contributed by atoms with Crippen LogP contribution in [0.3, 0.4) is 0 Å². The zero-order valence-electron chi connectivity index (χ0n) is 15.8. The number of hydrogen-bond acceptors (Lipinski definition) is 3. The highest BCUT2D eigenvalue weighted by Crippen LogP contribution is 2.41. The second-order valence-corrected chi connectivity index (χ2v) is 8.89. The maximum atomic E-state index is 12.9. The Morgan fingerprint density at radius 1 is 1.15 bits per heavy atom. The van der Waals surface area contributed by atoms with Crippen LogP contribution in [0.15, 0.2) is 30.3 Å². The van der Waals surface area contributed by atoms with E-state index in [1.54, 1.807) is 11.8 Å². The van der Waals surface area contributed by atoms with Gasteiger partial charge in [0.05, 0.1) is 5.37 Å². The summed E-state index contributed by atoms with van der Waals surface area (Å²) < 4.78 is 0. The quantitative estimate of drug-likeness (QED) is 0.853. The fraction of sp³-hybridized carbons (Fsp3) is 0.619. The molecule has 1 saturated carbocycles. The van der Waals surface area contributed by atoms with Gasteiger partial charge in [-0.15, -0.1) is 11.8 Å². The van der Waals surface area contributed by atoms with Gasteiger partial charge in [-0.25, -0.2) is 0 Å². The van der Waals surface area contributed by atoms with Crippen LogP contribution < -0.4 is 5.32 Å². The lowest BCUT2D eigenvalue weighted by Gasteiger charge is -2.36. The van der Waals surface area contributed by atoms with Gasteiger partial charge in [0, 0.05) is 18.2 Å². The average molecular weight is 375 g/mol. The maximum Gasteiger partial charge on any atom is 0.243 e. The lowest BCUT2D eigenvalue weighted by molar-refractivity contribution is -0.143. The molecule has 1 aliphatic carbocycles. The van der Waals surface area contributed by atoms with Crippen molar-refractivity contribution in [3.63, 3.8) is 0 Å². The molecule has 142 valence electrons. The van der Waals surface area contributed by atoms with Gasteiger partial charge in [0.15, 0.2) is 0 Å². The number of carbonyl (C=O) groups excluding carboxylic acids is 2. The van der Waals surface area contributed by atoms with Crippen molar-refractivity contribution in [2.24, 2.45) is 11.8 Å². The van der Waals surface area contributed by atoms with Gasteiger partial charge in [0.25, 0.3) is 0 Å². The number of benzene rings is 1. The first-order valence-electron chi connectivity index (χ1n) is 9.83. The van der Waals surface area contributed by atoms with Crippen molar-refractivity contribution in [3.05, 3.63) is 35.9 Å². The van der Waals surface area contributed by atoms with Crippen molar-refractivity contribution >= 4 is 23.6 Å². The summed E-state index contributed by atoms with van der Waals surface area (Å²) in [5, 5.41) is 3.21. The highest BCUT2D eigenvalue weighted by atomic mass is 32.2. The summed E-state index contributed by atoms with van der Waals surface area (Å²) in [6.07, 6.45) is 6.15. The zero-order valence-corrected chi connectivity index (χ0v) is 16.6. The van der Waals surface area contributed by atoms with Gasteiger partial charge < -0.3 is 10.2 Å².